The number of thiophene rings is 1. The van der Waals surface area contributed by atoms with Gasteiger partial charge in [0.1, 0.15) is 4.83 Å². The van der Waals surface area contributed by atoms with E-state index in [0.29, 0.717) is 11.9 Å². The first kappa shape index (κ1) is 17.2. The molecule has 3 aromatic rings. The Hall–Kier alpha value is -2.18. The Balaban J connectivity index is 1.97. The second-order valence-electron chi connectivity index (χ2n) is 7.19. The molecule has 1 aromatic carbocycles. The maximum atomic E-state index is 13.0. The summed E-state index contributed by atoms with van der Waals surface area (Å²) in [7, 11) is 5.64. The Bertz CT molecular complexity index is 1100. The molecule has 0 saturated carbocycles. The molecule has 1 aliphatic carbocycles. The molecule has 5 nitrogen and oxygen atoms in total. The summed E-state index contributed by atoms with van der Waals surface area (Å²) in [4.78, 5) is 29.9. The van der Waals surface area contributed by atoms with Crippen LogP contribution in [0, 0.1) is 0 Å². The lowest BCUT2D eigenvalue weighted by molar-refractivity contribution is 0.385. The van der Waals surface area contributed by atoms with Crippen LogP contribution in [0.2, 0.25) is 0 Å². The third kappa shape index (κ3) is 2.64. The Labute approximate surface area is 156 Å². The van der Waals surface area contributed by atoms with Crippen molar-refractivity contribution in [3.05, 3.63) is 55.5 Å². The molecule has 0 spiro atoms. The van der Waals surface area contributed by atoms with Crippen molar-refractivity contribution >= 4 is 21.6 Å². The number of nitrogens with zero attached hydrogens (tertiary/aromatic N) is 3. The monoisotopic (exact) mass is 369 g/mol. The van der Waals surface area contributed by atoms with E-state index >= 15 is 0 Å². The molecule has 0 fully saturated rings. The fraction of sp³-hybridized carbons (Fsp3) is 0.400. The average Bonchev–Trinajstić information content (AvgIpc) is 3.02. The van der Waals surface area contributed by atoms with Crippen LogP contribution in [-0.4, -0.2) is 34.7 Å². The Morgan fingerprint density at radius 3 is 2.69 bits per heavy atom. The quantitative estimate of drug-likeness (QED) is 0.710. The zero-order valence-electron chi connectivity index (χ0n) is 15.4. The van der Waals surface area contributed by atoms with Gasteiger partial charge >= 0.3 is 5.69 Å². The average molecular weight is 369 g/mol. The molecule has 0 amide bonds. The van der Waals surface area contributed by atoms with Crippen LogP contribution in [0.4, 0.5) is 0 Å². The van der Waals surface area contributed by atoms with Crippen molar-refractivity contribution in [2.75, 3.05) is 20.6 Å². The number of rotatable bonds is 4. The van der Waals surface area contributed by atoms with E-state index in [9.17, 15) is 9.59 Å². The van der Waals surface area contributed by atoms with Gasteiger partial charge in [-0.15, -0.1) is 11.3 Å². The highest BCUT2D eigenvalue weighted by Gasteiger charge is 2.25. The molecule has 136 valence electrons. The van der Waals surface area contributed by atoms with Crippen LogP contribution < -0.4 is 11.2 Å². The standard InChI is InChI=1S/C20H23N3O2S/c1-21(2)11-6-12-23-19-17(18(24)22(3)20(23)25)16-14-8-5-4-7-13(14)9-10-15(16)26-19/h4-5,7-8H,6,9-12H2,1-3H3. The molecule has 4 rings (SSSR count). The SMILES string of the molecule is CN(C)CCCn1c(=O)n(C)c(=O)c2c3c(sc21)CCc1ccccc1-3. The highest BCUT2D eigenvalue weighted by atomic mass is 32.1. The van der Waals surface area contributed by atoms with Gasteiger partial charge in [0.25, 0.3) is 5.56 Å². The predicted octanol–water partition coefficient (Wildman–Crippen LogP) is 2.48. The van der Waals surface area contributed by atoms with E-state index in [2.05, 4.69) is 17.0 Å². The number of fused-ring (bicyclic) bond motifs is 5. The molecule has 0 saturated heterocycles. The van der Waals surface area contributed by atoms with Gasteiger partial charge in [0.2, 0.25) is 0 Å². The molecule has 2 heterocycles. The molecular formula is C20H23N3O2S. The summed E-state index contributed by atoms with van der Waals surface area (Å²) in [6.45, 7) is 1.54. The van der Waals surface area contributed by atoms with Crippen LogP contribution in [0.25, 0.3) is 21.3 Å². The van der Waals surface area contributed by atoms with Gasteiger partial charge in [-0.05, 0) is 51.0 Å². The molecule has 0 aliphatic heterocycles. The number of hydrogen-bond donors (Lipinski definition) is 0. The van der Waals surface area contributed by atoms with Crippen molar-refractivity contribution in [1.29, 1.82) is 0 Å². The molecular weight excluding hydrogens is 346 g/mol. The minimum absolute atomic E-state index is 0.178. The predicted molar refractivity (Wildman–Crippen MR) is 107 cm³/mol. The molecule has 6 heteroatoms. The van der Waals surface area contributed by atoms with Gasteiger partial charge in [0.15, 0.2) is 0 Å². The van der Waals surface area contributed by atoms with Gasteiger partial charge in [-0.3, -0.25) is 13.9 Å². The Morgan fingerprint density at radius 2 is 1.92 bits per heavy atom. The van der Waals surface area contributed by atoms with Crippen LogP contribution in [0.3, 0.4) is 0 Å². The zero-order valence-corrected chi connectivity index (χ0v) is 16.2. The van der Waals surface area contributed by atoms with Gasteiger partial charge in [0, 0.05) is 24.0 Å². The molecule has 0 radical (unpaired) electrons. The largest absolute Gasteiger partial charge is 0.331 e. The summed E-state index contributed by atoms with van der Waals surface area (Å²) < 4.78 is 3.06. The van der Waals surface area contributed by atoms with Crippen molar-refractivity contribution in [1.82, 2.24) is 14.0 Å². The third-order valence-corrected chi connectivity index (χ3v) is 6.41. The molecule has 0 atom stereocenters. The van der Waals surface area contributed by atoms with Crippen molar-refractivity contribution in [3.8, 4) is 11.1 Å². The first-order valence-corrected chi connectivity index (χ1v) is 9.79. The summed E-state index contributed by atoms with van der Waals surface area (Å²) in [5, 5.41) is 0.712. The number of hydrogen-bond acceptors (Lipinski definition) is 4. The molecule has 26 heavy (non-hydrogen) atoms. The number of aryl methyl sites for hydroxylation is 3. The fourth-order valence-corrected chi connectivity index (χ4v) is 5.13. The first-order chi connectivity index (χ1) is 12.5. The van der Waals surface area contributed by atoms with Crippen LogP contribution in [0.5, 0.6) is 0 Å². The fourth-order valence-electron chi connectivity index (χ4n) is 3.81. The van der Waals surface area contributed by atoms with Gasteiger partial charge in [-0.2, -0.15) is 0 Å². The minimum Gasteiger partial charge on any atom is -0.309 e. The second-order valence-corrected chi connectivity index (χ2v) is 8.28. The second kappa shape index (κ2) is 6.52. The summed E-state index contributed by atoms with van der Waals surface area (Å²) in [5.41, 5.74) is 3.09. The zero-order chi connectivity index (χ0) is 18.4. The van der Waals surface area contributed by atoms with Gasteiger partial charge in [0.05, 0.1) is 5.39 Å². The molecule has 2 aromatic heterocycles. The van der Waals surface area contributed by atoms with Crippen LogP contribution in [0.1, 0.15) is 16.9 Å². The Kier molecular flexibility index (Phi) is 4.32. The molecule has 1 aliphatic rings. The summed E-state index contributed by atoms with van der Waals surface area (Å²) in [6, 6.07) is 8.31. The summed E-state index contributed by atoms with van der Waals surface area (Å²) >= 11 is 1.62. The topological polar surface area (TPSA) is 47.2 Å². The first-order valence-electron chi connectivity index (χ1n) is 8.97. The van der Waals surface area contributed by atoms with Crippen LogP contribution in [0.15, 0.2) is 33.9 Å². The van der Waals surface area contributed by atoms with E-state index in [0.717, 1.165) is 41.8 Å². The summed E-state index contributed by atoms with van der Waals surface area (Å²) in [5.74, 6) is 0. The summed E-state index contributed by atoms with van der Waals surface area (Å²) in [6.07, 6.45) is 2.79. The van der Waals surface area contributed by atoms with E-state index in [4.69, 9.17) is 0 Å². The maximum Gasteiger partial charge on any atom is 0.331 e. The lowest BCUT2D eigenvalue weighted by atomic mass is 9.89. The third-order valence-electron chi connectivity index (χ3n) is 5.14. The number of aromatic nitrogens is 2. The number of benzene rings is 1. The molecule has 0 bridgehead atoms. The highest BCUT2D eigenvalue weighted by Crippen LogP contribution is 2.42. The van der Waals surface area contributed by atoms with E-state index in [1.165, 1.54) is 15.0 Å². The van der Waals surface area contributed by atoms with Crippen LogP contribution in [-0.2, 0) is 26.4 Å². The van der Waals surface area contributed by atoms with E-state index in [-0.39, 0.29) is 11.2 Å². The van der Waals surface area contributed by atoms with Crippen LogP contribution >= 0.6 is 11.3 Å². The maximum absolute atomic E-state index is 13.0. The smallest absolute Gasteiger partial charge is 0.309 e. The Morgan fingerprint density at radius 1 is 1.15 bits per heavy atom. The highest BCUT2D eigenvalue weighted by molar-refractivity contribution is 7.19. The van der Waals surface area contributed by atoms with Gasteiger partial charge in [-0.1, -0.05) is 24.3 Å². The lowest BCUT2D eigenvalue weighted by Gasteiger charge is -2.16. The van der Waals surface area contributed by atoms with Crippen molar-refractivity contribution < 1.29 is 0 Å². The molecule has 0 unspecified atom stereocenters. The lowest BCUT2D eigenvalue weighted by Crippen LogP contribution is -2.38. The van der Waals surface area contributed by atoms with Crippen molar-refractivity contribution in [2.45, 2.75) is 25.8 Å². The van der Waals surface area contributed by atoms with E-state index in [1.54, 1.807) is 23.0 Å². The van der Waals surface area contributed by atoms with Crippen molar-refractivity contribution in [3.63, 3.8) is 0 Å². The van der Waals surface area contributed by atoms with Gasteiger partial charge in [-0.25, -0.2) is 4.79 Å². The van der Waals surface area contributed by atoms with Gasteiger partial charge < -0.3 is 4.90 Å². The van der Waals surface area contributed by atoms with Crippen molar-refractivity contribution in [2.24, 2.45) is 7.05 Å². The molecule has 0 N–H and O–H groups in total. The minimum atomic E-state index is -0.215. The van der Waals surface area contributed by atoms with E-state index < -0.39 is 0 Å². The van der Waals surface area contributed by atoms with E-state index in [1.807, 2.05) is 26.2 Å². The normalized spacial score (nSPS) is 13.2.